The Morgan fingerprint density at radius 2 is 1.97 bits per heavy atom. The van der Waals surface area contributed by atoms with E-state index in [1.165, 1.54) is 6.42 Å². The van der Waals surface area contributed by atoms with Gasteiger partial charge in [-0.3, -0.25) is 9.69 Å². The molecule has 2 aliphatic rings. The van der Waals surface area contributed by atoms with Crippen molar-refractivity contribution in [3.63, 3.8) is 0 Å². The Hall–Kier alpha value is -1.97. The van der Waals surface area contributed by atoms with Crippen molar-refractivity contribution in [3.05, 3.63) is 23.2 Å². The van der Waals surface area contributed by atoms with E-state index in [0.29, 0.717) is 0 Å². The molecule has 1 aliphatic carbocycles. The number of benzene rings is 1. The fraction of sp³-hybridized carbons (Fsp3) is 0.636. The number of nitriles is 1. The molecule has 0 spiro atoms. The summed E-state index contributed by atoms with van der Waals surface area (Å²) in [6.45, 7) is 5.19. The van der Waals surface area contributed by atoms with Crippen molar-refractivity contribution in [1.29, 1.82) is 5.26 Å². The molecule has 1 heterocycles. The van der Waals surface area contributed by atoms with Crippen LogP contribution in [0.1, 0.15) is 38.5 Å². The SMILES string of the molecule is COc1ccc(Cl)c(N2CCN(CCC3CCC(NC(=O)CC#N)CC3)CC2)c1. The molecule has 7 heteroatoms. The largest absolute Gasteiger partial charge is 0.497 e. The number of nitrogens with zero attached hydrogens (tertiary/aromatic N) is 3. The first-order valence-electron chi connectivity index (χ1n) is 10.6. The van der Waals surface area contributed by atoms with Crippen LogP contribution in [0.3, 0.4) is 0 Å². The Kier molecular flexibility index (Phi) is 8.02. The molecule has 1 aromatic carbocycles. The molecule has 1 saturated heterocycles. The Bertz CT molecular complexity index is 720. The summed E-state index contributed by atoms with van der Waals surface area (Å²) in [4.78, 5) is 16.4. The van der Waals surface area contributed by atoms with Gasteiger partial charge in [0.1, 0.15) is 12.2 Å². The summed E-state index contributed by atoms with van der Waals surface area (Å²) in [5, 5.41) is 12.3. The summed E-state index contributed by atoms with van der Waals surface area (Å²) in [6.07, 6.45) is 5.58. The van der Waals surface area contributed by atoms with Crippen molar-refractivity contribution >= 4 is 23.2 Å². The Labute approximate surface area is 178 Å². The lowest BCUT2D eigenvalue weighted by molar-refractivity contribution is -0.121. The second kappa shape index (κ2) is 10.7. The molecule has 158 valence electrons. The number of nitrogens with one attached hydrogen (secondary N) is 1. The number of hydrogen-bond acceptors (Lipinski definition) is 5. The molecule has 0 aromatic heterocycles. The number of piperazine rings is 1. The zero-order valence-corrected chi connectivity index (χ0v) is 18.0. The van der Waals surface area contributed by atoms with Gasteiger partial charge in [0.15, 0.2) is 0 Å². The lowest BCUT2D eigenvalue weighted by atomic mass is 9.84. The zero-order valence-electron chi connectivity index (χ0n) is 17.2. The number of rotatable bonds is 7. The molecule has 1 aromatic rings. The molecule has 0 radical (unpaired) electrons. The number of ether oxygens (including phenoxy) is 1. The van der Waals surface area contributed by atoms with E-state index in [1.807, 2.05) is 24.3 Å². The van der Waals surface area contributed by atoms with E-state index >= 15 is 0 Å². The minimum Gasteiger partial charge on any atom is -0.497 e. The maximum Gasteiger partial charge on any atom is 0.234 e. The van der Waals surface area contributed by atoms with Crippen LogP contribution in [0.4, 0.5) is 5.69 Å². The highest BCUT2D eigenvalue weighted by Gasteiger charge is 2.24. The summed E-state index contributed by atoms with van der Waals surface area (Å²) in [5.74, 6) is 1.45. The van der Waals surface area contributed by atoms with Crippen molar-refractivity contribution in [2.75, 3.05) is 44.7 Å². The lowest BCUT2D eigenvalue weighted by Crippen LogP contribution is -2.47. The molecule has 0 bridgehead atoms. The van der Waals surface area contributed by atoms with E-state index in [0.717, 1.165) is 80.8 Å². The maximum atomic E-state index is 11.6. The van der Waals surface area contributed by atoms with Gasteiger partial charge in [0, 0.05) is 38.3 Å². The highest BCUT2D eigenvalue weighted by molar-refractivity contribution is 6.33. The van der Waals surface area contributed by atoms with E-state index in [2.05, 4.69) is 15.1 Å². The van der Waals surface area contributed by atoms with Crippen LogP contribution in [-0.4, -0.2) is 56.7 Å². The van der Waals surface area contributed by atoms with E-state index in [-0.39, 0.29) is 18.4 Å². The van der Waals surface area contributed by atoms with Crippen LogP contribution in [0.5, 0.6) is 5.75 Å². The van der Waals surface area contributed by atoms with Crippen molar-refractivity contribution in [3.8, 4) is 11.8 Å². The molecule has 0 atom stereocenters. The molecule has 1 aliphatic heterocycles. The van der Waals surface area contributed by atoms with Gasteiger partial charge < -0.3 is 15.0 Å². The standard InChI is InChI=1S/C22H31ClN4O2/c1-29-19-6-7-20(23)21(16-19)27-14-12-26(13-15-27)11-9-17-2-4-18(5-3-17)25-22(28)8-10-24/h6-7,16-18H,2-5,8-9,11-15H2,1H3,(H,25,28). The summed E-state index contributed by atoms with van der Waals surface area (Å²) in [6, 6.07) is 7.98. The van der Waals surface area contributed by atoms with E-state index in [1.54, 1.807) is 7.11 Å². The molecule has 3 rings (SSSR count). The van der Waals surface area contributed by atoms with E-state index in [4.69, 9.17) is 21.6 Å². The molecule has 0 unspecified atom stereocenters. The fourth-order valence-corrected chi connectivity index (χ4v) is 4.62. The smallest absolute Gasteiger partial charge is 0.234 e. The van der Waals surface area contributed by atoms with Gasteiger partial charge >= 0.3 is 0 Å². The average molecular weight is 419 g/mol. The van der Waals surface area contributed by atoms with Crippen LogP contribution in [0, 0.1) is 17.2 Å². The predicted octanol–water partition coefficient (Wildman–Crippen LogP) is 3.45. The third-order valence-electron chi connectivity index (χ3n) is 6.17. The van der Waals surface area contributed by atoms with Crippen LogP contribution in [-0.2, 0) is 4.79 Å². The molecule has 1 saturated carbocycles. The van der Waals surface area contributed by atoms with Gasteiger partial charge in [0.25, 0.3) is 0 Å². The number of methoxy groups -OCH3 is 1. The summed E-state index contributed by atoms with van der Waals surface area (Å²) >= 11 is 6.39. The number of hydrogen-bond donors (Lipinski definition) is 1. The summed E-state index contributed by atoms with van der Waals surface area (Å²) < 4.78 is 5.34. The van der Waals surface area contributed by atoms with Gasteiger partial charge in [-0.1, -0.05) is 11.6 Å². The highest BCUT2D eigenvalue weighted by atomic mass is 35.5. The Morgan fingerprint density at radius 1 is 1.24 bits per heavy atom. The van der Waals surface area contributed by atoms with Gasteiger partial charge in [0.2, 0.25) is 5.91 Å². The molecule has 2 fully saturated rings. The zero-order chi connectivity index (χ0) is 20.6. The van der Waals surface area contributed by atoms with Gasteiger partial charge in [-0.25, -0.2) is 0 Å². The highest BCUT2D eigenvalue weighted by Crippen LogP contribution is 2.31. The number of carbonyl (C=O) groups excluding carboxylic acids is 1. The molecule has 1 amide bonds. The topological polar surface area (TPSA) is 68.6 Å². The third-order valence-corrected chi connectivity index (χ3v) is 6.49. The number of anilines is 1. The molecular weight excluding hydrogens is 388 g/mol. The van der Waals surface area contributed by atoms with Crippen molar-refractivity contribution in [2.45, 2.75) is 44.6 Å². The Morgan fingerprint density at radius 3 is 2.62 bits per heavy atom. The summed E-state index contributed by atoms with van der Waals surface area (Å²) in [7, 11) is 1.68. The molecule has 29 heavy (non-hydrogen) atoms. The van der Waals surface area contributed by atoms with Crippen LogP contribution >= 0.6 is 11.6 Å². The number of carbonyl (C=O) groups is 1. The second-order valence-corrected chi connectivity index (χ2v) is 8.46. The third kappa shape index (κ3) is 6.25. The molecule has 6 nitrogen and oxygen atoms in total. The first kappa shape index (κ1) is 21.7. The lowest BCUT2D eigenvalue weighted by Gasteiger charge is -2.37. The van der Waals surface area contributed by atoms with Gasteiger partial charge in [-0.15, -0.1) is 0 Å². The molecular formula is C22H31ClN4O2. The first-order valence-corrected chi connectivity index (χ1v) is 10.9. The van der Waals surface area contributed by atoms with Crippen molar-refractivity contribution in [1.82, 2.24) is 10.2 Å². The quantitative estimate of drug-likeness (QED) is 0.734. The monoisotopic (exact) mass is 418 g/mol. The minimum atomic E-state index is -0.134. The summed E-state index contributed by atoms with van der Waals surface area (Å²) in [5.41, 5.74) is 1.06. The van der Waals surface area contributed by atoms with E-state index < -0.39 is 0 Å². The van der Waals surface area contributed by atoms with Gasteiger partial charge in [0.05, 0.1) is 23.9 Å². The minimum absolute atomic E-state index is 0.0348. The van der Waals surface area contributed by atoms with Crippen LogP contribution in [0.15, 0.2) is 18.2 Å². The molecule has 1 N–H and O–H groups in total. The van der Waals surface area contributed by atoms with Crippen LogP contribution in [0.25, 0.3) is 0 Å². The second-order valence-electron chi connectivity index (χ2n) is 8.05. The van der Waals surface area contributed by atoms with Gasteiger partial charge in [-0.2, -0.15) is 5.26 Å². The average Bonchev–Trinajstić information content (AvgIpc) is 2.74. The Balaban J connectivity index is 1.37. The van der Waals surface area contributed by atoms with Crippen molar-refractivity contribution in [2.24, 2.45) is 5.92 Å². The fourth-order valence-electron chi connectivity index (χ4n) is 4.39. The number of amides is 1. The van der Waals surface area contributed by atoms with Gasteiger partial charge in [-0.05, 0) is 56.7 Å². The van der Waals surface area contributed by atoms with E-state index in [9.17, 15) is 4.79 Å². The normalized spacial score (nSPS) is 22.7. The maximum absolute atomic E-state index is 11.6. The number of halogens is 1. The van der Waals surface area contributed by atoms with Crippen LogP contribution in [0.2, 0.25) is 5.02 Å². The predicted molar refractivity (Wildman–Crippen MR) is 115 cm³/mol. The van der Waals surface area contributed by atoms with Crippen molar-refractivity contribution < 1.29 is 9.53 Å². The van der Waals surface area contributed by atoms with Crippen LogP contribution < -0.4 is 15.0 Å². The first-order chi connectivity index (χ1) is 14.1.